The van der Waals surface area contributed by atoms with E-state index in [1.807, 2.05) is 6.08 Å². The lowest BCUT2D eigenvalue weighted by molar-refractivity contribution is -0.146. The van der Waals surface area contributed by atoms with E-state index in [1.54, 1.807) is 0 Å². The van der Waals surface area contributed by atoms with Crippen LogP contribution in [0.5, 0.6) is 0 Å². The third-order valence-corrected chi connectivity index (χ3v) is 2.70. The summed E-state index contributed by atoms with van der Waals surface area (Å²) in [7, 11) is 0. The number of ether oxygens (including phenoxy) is 1. The normalized spacial score (nSPS) is 37.5. The first-order valence-corrected chi connectivity index (χ1v) is 4.25. The Kier molecular flexibility index (Phi) is 1.68. The summed E-state index contributed by atoms with van der Waals surface area (Å²) < 4.78 is 5.36. The van der Waals surface area contributed by atoms with Crippen LogP contribution in [0.25, 0.3) is 0 Å². The van der Waals surface area contributed by atoms with E-state index < -0.39 is 5.97 Å². The maximum atomic E-state index is 10.3. The van der Waals surface area contributed by atoms with E-state index in [9.17, 15) is 4.79 Å². The lowest BCUT2D eigenvalue weighted by Crippen LogP contribution is -2.27. The number of hydrogen-bond donors (Lipinski definition) is 1. The summed E-state index contributed by atoms with van der Waals surface area (Å²) in [5.74, 6) is -0.244. The SMILES string of the molecule is O=C(O)COC12C=CC(CC1)C2. The molecule has 0 aliphatic heterocycles. The molecule has 0 radical (unpaired) electrons. The van der Waals surface area contributed by atoms with E-state index in [0.717, 1.165) is 19.3 Å². The van der Waals surface area contributed by atoms with Crippen LogP contribution in [0.3, 0.4) is 0 Å². The van der Waals surface area contributed by atoms with Crippen molar-refractivity contribution in [1.82, 2.24) is 0 Å². The number of hydrogen-bond acceptors (Lipinski definition) is 2. The second-order valence-electron chi connectivity index (χ2n) is 3.61. The predicted molar refractivity (Wildman–Crippen MR) is 42.8 cm³/mol. The van der Waals surface area contributed by atoms with Crippen LogP contribution in [0.4, 0.5) is 0 Å². The molecule has 0 spiro atoms. The maximum Gasteiger partial charge on any atom is 0.329 e. The first kappa shape index (κ1) is 7.80. The fraction of sp³-hybridized carbons (Fsp3) is 0.667. The van der Waals surface area contributed by atoms with Gasteiger partial charge in [-0.25, -0.2) is 4.79 Å². The lowest BCUT2D eigenvalue weighted by Gasteiger charge is -2.22. The van der Waals surface area contributed by atoms with Crippen molar-refractivity contribution in [2.24, 2.45) is 5.92 Å². The molecule has 0 aromatic heterocycles. The number of carboxylic acid groups (broad SMARTS) is 1. The van der Waals surface area contributed by atoms with Gasteiger partial charge in [0, 0.05) is 0 Å². The van der Waals surface area contributed by atoms with E-state index in [4.69, 9.17) is 9.84 Å². The zero-order valence-corrected chi connectivity index (χ0v) is 6.82. The van der Waals surface area contributed by atoms with E-state index >= 15 is 0 Å². The Bertz CT molecular complexity index is 234. The van der Waals surface area contributed by atoms with Crippen molar-refractivity contribution >= 4 is 5.97 Å². The Morgan fingerprint density at radius 1 is 1.75 bits per heavy atom. The smallest absolute Gasteiger partial charge is 0.329 e. The Hall–Kier alpha value is -0.830. The number of allylic oxidation sites excluding steroid dienone is 1. The molecule has 0 aromatic carbocycles. The third-order valence-electron chi connectivity index (χ3n) is 2.70. The molecule has 0 aromatic rings. The molecule has 1 saturated carbocycles. The monoisotopic (exact) mass is 168 g/mol. The van der Waals surface area contributed by atoms with Crippen molar-refractivity contribution in [2.75, 3.05) is 6.61 Å². The van der Waals surface area contributed by atoms with E-state index in [-0.39, 0.29) is 12.2 Å². The van der Waals surface area contributed by atoms with Crippen LogP contribution in [-0.4, -0.2) is 23.3 Å². The van der Waals surface area contributed by atoms with E-state index in [2.05, 4.69) is 6.08 Å². The van der Waals surface area contributed by atoms with Crippen LogP contribution >= 0.6 is 0 Å². The first-order valence-electron chi connectivity index (χ1n) is 4.25. The highest BCUT2D eigenvalue weighted by Crippen LogP contribution is 2.44. The van der Waals surface area contributed by atoms with Crippen molar-refractivity contribution in [3.8, 4) is 0 Å². The number of carbonyl (C=O) groups is 1. The molecule has 2 atom stereocenters. The number of carboxylic acids is 1. The molecule has 2 bridgehead atoms. The average Bonchev–Trinajstić information content (AvgIpc) is 2.60. The summed E-state index contributed by atoms with van der Waals surface area (Å²) in [6.45, 7) is -0.170. The molecule has 66 valence electrons. The second kappa shape index (κ2) is 2.59. The summed E-state index contributed by atoms with van der Waals surface area (Å²) in [6.07, 6.45) is 7.30. The summed E-state index contributed by atoms with van der Waals surface area (Å²) in [4.78, 5) is 10.3. The average molecular weight is 168 g/mol. The molecule has 12 heavy (non-hydrogen) atoms. The zero-order valence-electron chi connectivity index (χ0n) is 6.82. The molecule has 2 aliphatic rings. The standard InChI is InChI=1S/C9H12O3/c10-8(11)6-12-9-3-1-7(5-9)2-4-9/h1,3,7H,2,4-6H2,(H,10,11). The summed E-state index contributed by atoms with van der Waals surface area (Å²) in [5, 5.41) is 8.45. The van der Waals surface area contributed by atoms with Crippen molar-refractivity contribution in [3.05, 3.63) is 12.2 Å². The molecule has 2 aliphatic carbocycles. The molecule has 2 rings (SSSR count). The molecule has 1 fully saturated rings. The van der Waals surface area contributed by atoms with Crippen LogP contribution in [0.15, 0.2) is 12.2 Å². The van der Waals surface area contributed by atoms with Crippen LogP contribution in [-0.2, 0) is 9.53 Å². The number of aliphatic carboxylic acids is 1. The largest absolute Gasteiger partial charge is 0.480 e. The molecule has 0 saturated heterocycles. The molecule has 0 amide bonds. The lowest BCUT2D eigenvalue weighted by atomic mass is 10.0. The van der Waals surface area contributed by atoms with Gasteiger partial charge in [0.1, 0.15) is 6.61 Å². The van der Waals surface area contributed by atoms with Gasteiger partial charge in [-0.2, -0.15) is 0 Å². The summed E-state index contributed by atoms with van der Waals surface area (Å²) in [5.41, 5.74) is -0.219. The number of rotatable bonds is 3. The first-order chi connectivity index (χ1) is 5.70. The fourth-order valence-corrected chi connectivity index (χ4v) is 2.09. The van der Waals surface area contributed by atoms with Crippen LogP contribution in [0.1, 0.15) is 19.3 Å². The van der Waals surface area contributed by atoms with E-state index in [0.29, 0.717) is 5.92 Å². The van der Waals surface area contributed by atoms with Gasteiger partial charge in [-0.15, -0.1) is 0 Å². The highest BCUT2D eigenvalue weighted by Gasteiger charge is 2.41. The van der Waals surface area contributed by atoms with Gasteiger partial charge < -0.3 is 9.84 Å². The van der Waals surface area contributed by atoms with Gasteiger partial charge >= 0.3 is 5.97 Å². The van der Waals surface area contributed by atoms with Crippen LogP contribution in [0, 0.1) is 5.92 Å². The maximum absolute atomic E-state index is 10.3. The van der Waals surface area contributed by atoms with Gasteiger partial charge in [0.2, 0.25) is 0 Å². The molecule has 2 unspecified atom stereocenters. The Labute approximate surface area is 71.0 Å². The summed E-state index contributed by atoms with van der Waals surface area (Å²) >= 11 is 0. The minimum atomic E-state index is -0.881. The topological polar surface area (TPSA) is 46.5 Å². The van der Waals surface area contributed by atoms with E-state index in [1.165, 1.54) is 0 Å². The Balaban J connectivity index is 1.95. The molecule has 3 nitrogen and oxygen atoms in total. The van der Waals surface area contributed by atoms with Gasteiger partial charge in [0.05, 0.1) is 5.60 Å². The van der Waals surface area contributed by atoms with Crippen LogP contribution < -0.4 is 0 Å². The van der Waals surface area contributed by atoms with Gasteiger partial charge in [0.25, 0.3) is 0 Å². The van der Waals surface area contributed by atoms with Crippen molar-refractivity contribution in [2.45, 2.75) is 24.9 Å². The molecule has 1 N–H and O–H groups in total. The molecule has 0 heterocycles. The van der Waals surface area contributed by atoms with Gasteiger partial charge in [-0.05, 0) is 25.2 Å². The molecular formula is C9H12O3. The Morgan fingerprint density at radius 2 is 2.58 bits per heavy atom. The third kappa shape index (κ3) is 1.25. The molecule has 3 heteroatoms. The minimum absolute atomic E-state index is 0.170. The van der Waals surface area contributed by atoms with Crippen molar-refractivity contribution in [3.63, 3.8) is 0 Å². The highest BCUT2D eigenvalue weighted by molar-refractivity contribution is 5.68. The number of fused-ring (bicyclic) bond motifs is 2. The van der Waals surface area contributed by atoms with Gasteiger partial charge in [0.15, 0.2) is 0 Å². The van der Waals surface area contributed by atoms with Crippen molar-refractivity contribution < 1.29 is 14.6 Å². The minimum Gasteiger partial charge on any atom is -0.480 e. The van der Waals surface area contributed by atoms with Gasteiger partial charge in [-0.3, -0.25) is 0 Å². The quantitative estimate of drug-likeness (QED) is 0.644. The fourth-order valence-electron chi connectivity index (χ4n) is 2.09. The predicted octanol–water partition coefficient (Wildman–Crippen LogP) is 1.20. The van der Waals surface area contributed by atoms with Crippen molar-refractivity contribution in [1.29, 1.82) is 0 Å². The zero-order chi connectivity index (χ0) is 8.60. The highest BCUT2D eigenvalue weighted by atomic mass is 16.5. The molecular weight excluding hydrogens is 156 g/mol. The van der Waals surface area contributed by atoms with Gasteiger partial charge in [-0.1, -0.05) is 12.2 Å². The van der Waals surface area contributed by atoms with Crippen LogP contribution in [0.2, 0.25) is 0 Å². The Morgan fingerprint density at radius 3 is 3.00 bits per heavy atom. The second-order valence-corrected chi connectivity index (χ2v) is 3.61. The summed E-state index contributed by atoms with van der Waals surface area (Å²) in [6, 6.07) is 0.